The highest BCUT2D eigenvalue weighted by Crippen LogP contribution is 2.18. The van der Waals surface area contributed by atoms with Crippen LogP contribution in [0.4, 0.5) is 4.79 Å². The van der Waals surface area contributed by atoms with Crippen molar-refractivity contribution in [2.45, 2.75) is 51.9 Å². The average Bonchev–Trinajstić information content (AvgIpc) is 2.52. The summed E-state index contributed by atoms with van der Waals surface area (Å²) in [7, 11) is -1.47. The Bertz CT molecular complexity index is 550. The molecule has 1 heterocycles. The summed E-state index contributed by atoms with van der Waals surface area (Å²) in [6.07, 6.45) is 1.35. The zero-order chi connectivity index (χ0) is 17.7. The first kappa shape index (κ1) is 18.8. The Labute approximate surface area is 143 Å². The van der Waals surface area contributed by atoms with E-state index in [1.165, 1.54) is 0 Å². The monoisotopic (exact) mass is 335 g/mol. The van der Waals surface area contributed by atoms with Crippen molar-refractivity contribution >= 4 is 18.7 Å². The van der Waals surface area contributed by atoms with E-state index in [4.69, 9.17) is 9.47 Å². The van der Waals surface area contributed by atoms with Crippen LogP contribution in [0, 0.1) is 0 Å². The van der Waals surface area contributed by atoms with Gasteiger partial charge in [-0.15, -0.1) is 0 Å². The molecule has 0 aliphatic carbocycles. The van der Waals surface area contributed by atoms with Crippen LogP contribution in [-0.2, 0) is 16.1 Å². The number of rotatable bonds is 4. The smallest absolute Gasteiger partial charge is 0.444 e. The van der Waals surface area contributed by atoms with Gasteiger partial charge in [-0.1, -0.05) is 24.3 Å². The van der Waals surface area contributed by atoms with Crippen molar-refractivity contribution in [1.82, 2.24) is 4.90 Å². The number of likely N-dealkylation sites (tertiary alicyclic amines) is 1. The highest BCUT2D eigenvalue weighted by Gasteiger charge is 2.27. The third kappa shape index (κ3) is 5.81. The zero-order valence-corrected chi connectivity index (χ0v) is 14.6. The van der Waals surface area contributed by atoms with Crippen LogP contribution in [0.5, 0.6) is 0 Å². The zero-order valence-electron chi connectivity index (χ0n) is 14.6. The van der Waals surface area contributed by atoms with Crippen molar-refractivity contribution in [3.05, 3.63) is 29.8 Å². The molecule has 7 heteroatoms. The largest absolute Gasteiger partial charge is 0.488 e. The number of carbonyl (C=O) groups excluding carboxylic acids is 1. The van der Waals surface area contributed by atoms with E-state index < -0.39 is 12.7 Å². The molecule has 24 heavy (non-hydrogen) atoms. The molecule has 1 aliphatic heterocycles. The number of hydrogen-bond acceptors (Lipinski definition) is 5. The maximum atomic E-state index is 12.0. The minimum atomic E-state index is -1.47. The fourth-order valence-electron chi connectivity index (χ4n) is 2.59. The first-order chi connectivity index (χ1) is 11.2. The molecule has 1 aliphatic rings. The van der Waals surface area contributed by atoms with Crippen molar-refractivity contribution in [3.63, 3.8) is 0 Å². The van der Waals surface area contributed by atoms with E-state index in [2.05, 4.69) is 0 Å². The molecule has 6 nitrogen and oxygen atoms in total. The Morgan fingerprint density at radius 2 is 1.96 bits per heavy atom. The van der Waals surface area contributed by atoms with Gasteiger partial charge in [0.2, 0.25) is 0 Å². The fraction of sp³-hybridized carbons (Fsp3) is 0.588. The van der Waals surface area contributed by atoms with Gasteiger partial charge < -0.3 is 24.4 Å². The Hall–Kier alpha value is -1.57. The summed E-state index contributed by atoms with van der Waals surface area (Å²) in [4.78, 5) is 13.7. The number of nitrogens with zero attached hydrogens (tertiary/aromatic N) is 1. The SMILES string of the molecule is CC(C)(C)OC(=O)N1CCC(OCc2cccc(B(O)O)c2)CC1. The van der Waals surface area contributed by atoms with E-state index in [9.17, 15) is 14.8 Å². The third-order valence-corrected chi connectivity index (χ3v) is 3.83. The molecule has 0 spiro atoms. The molecule has 0 atom stereocenters. The first-order valence-corrected chi connectivity index (χ1v) is 8.29. The predicted molar refractivity (Wildman–Crippen MR) is 91.9 cm³/mol. The Morgan fingerprint density at radius 3 is 2.54 bits per heavy atom. The van der Waals surface area contributed by atoms with Crippen LogP contribution in [0.25, 0.3) is 0 Å². The number of hydrogen-bond donors (Lipinski definition) is 2. The number of amides is 1. The molecule has 0 bridgehead atoms. The van der Waals surface area contributed by atoms with E-state index >= 15 is 0 Å². The van der Waals surface area contributed by atoms with E-state index in [1.54, 1.807) is 23.1 Å². The van der Waals surface area contributed by atoms with Crippen molar-refractivity contribution in [1.29, 1.82) is 0 Å². The number of carbonyl (C=O) groups is 1. The molecule has 0 aromatic heterocycles. The molecule has 0 radical (unpaired) electrons. The quantitative estimate of drug-likeness (QED) is 0.811. The lowest BCUT2D eigenvalue weighted by molar-refractivity contribution is -0.0170. The van der Waals surface area contributed by atoms with Gasteiger partial charge >= 0.3 is 13.2 Å². The third-order valence-electron chi connectivity index (χ3n) is 3.83. The minimum Gasteiger partial charge on any atom is -0.444 e. The summed E-state index contributed by atoms with van der Waals surface area (Å²) >= 11 is 0. The van der Waals surface area contributed by atoms with Crippen LogP contribution >= 0.6 is 0 Å². The van der Waals surface area contributed by atoms with E-state index in [-0.39, 0.29) is 12.2 Å². The number of ether oxygens (including phenoxy) is 2. The first-order valence-electron chi connectivity index (χ1n) is 8.29. The average molecular weight is 335 g/mol. The van der Waals surface area contributed by atoms with Crippen LogP contribution in [-0.4, -0.2) is 53.0 Å². The number of benzene rings is 1. The summed E-state index contributed by atoms with van der Waals surface area (Å²) in [5.74, 6) is 0. The summed E-state index contributed by atoms with van der Waals surface area (Å²) in [5, 5.41) is 18.4. The molecule has 132 valence electrons. The molecular formula is C17H26BNO5. The maximum Gasteiger partial charge on any atom is 0.488 e. The molecule has 0 saturated carbocycles. The van der Waals surface area contributed by atoms with Crippen molar-refractivity contribution in [3.8, 4) is 0 Å². The van der Waals surface area contributed by atoms with Gasteiger partial charge in [0, 0.05) is 13.1 Å². The normalized spacial score (nSPS) is 16.1. The van der Waals surface area contributed by atoms with Crippen LogP contribution in [0.15, 0.2) is 24.3 Å². The van der Waals surface area contributed by atoms with Gasteiger partial charge in [-0.05, 0) is 44.6 Å². The van der Waals surface area contributed by atoms with Crippen LogP contribution in [0.3, 0.4) is 0 Å². The van der Waals surface area contributed by atoms with Crippen molar-refractivity contribution < 1.29 is 24.3 Å². The van der Waals surface area contributed by atoms with Crippen LogP contribution < -0.4 is 5.46 Å². The lowest BCUT2D eigenvalue weighted by atomic mass is 9.80. The molecule has 1 saturated heterocycles. The van der Waals surface area contributed by atoms with Gasteiger partial charge in [-0.2, -0.15) is 0 Å². The van der Waals surface area contributed by atoms with Gasteiger partial charge in [0.05, 0.1) is 12.7 Å². The number of piperidine rings is 1. The topological polar surface area (TPSA) is 79.2 Å². The van der Waals surface area contributed by atoms with E-state index in [0.717, 1.165) is 18.4 Å². The second-order valence-corrected chi connectivity index (χ2v) is 7.10. The molecule has 0 unspecified atom stereocenters. The van der Waals surface area contributed by atoms with Gasteiger partial charge in [0.1, 0.15) is 5.60 Å². The van der Waals surface area contributed by atoms with Gasteiger partial charge in [-0.25, -0.2) is 4.79 Å². The lowest BCUT2D eigenvalue weighted by Crippen LogP contribution is -2.43. The molecule has 1 fully saturated rings. The van der Waals surface area contributed by atoms with Crippen LogP contribution in [0.1, 0.15) is 39.2 Å². The predicted octanol–water partition coefficient (Wildman–Crippen LogP) is 1.28. The Morgan fingerprint density at radius 1 is 1.29 bits per heavy atom. The fourth-order valence-corrected chi connectivity index (χ4v) is 2.59. The summed E-state index contributed by atoms with van der Waals surface area (Å²) in [6, 6.07) is 7.05. The summed E-state index contributed by atoms with van der Waals surface area (Å²) < 4.78 is 11.3. The van der Waals surface area contributed by atoms with Crippen molar-refractivity contribution in [2.24, 2.45) is 0 Å². The maximum absolute atomic E-state index is 12.0. The molecule has 2 N–H and O–H groups in total. The molecule has 1 aromatic carbocycles. The summed E-state index contributed by atoms with van der Waals surface area (Å²) in [5.41, 5.74) is 0.873. The van der Waals surface area contributed by atoms with E-state index in [0.29, 0.717) is 25.2 Å². The molecule has 1 aromatic rings. The van der Waals surface area contributed by atoms with Gasteiger partial charge in [0.15, 0.2) is 0 Å². The highest BCUT2D eigenvalue weighted by atomic mass is 16.6. The lowest BCUT2D eigenvalue weighted by Gasteiger charge is -2.33. The molecular weight excluding hydrogens is 309 g/mol. The van der Waals surface area contributed by atoms with Gasteiger partial charge in [-0.3, -0.25) is 0 Å². The molecule has 2 rings (SSSR count). The van der Waals surface area contributed by atoms with Crippen LogP contribution in [0.2, 0.25) is 0 Å². The minimum absolute atomic E-state index is 0.0893. The highest BCUT2D eigenvalue weighted by molar-refractivity contribution is 6.58. The van der Waals surface area contributed by atoms with Crippen molar-refractivity contribution in [2.75, 3.05) is 13.1 Å². The second-order valence-electron chi connectivity index (χ2n) is 7.10. The second kappa shape index (κ2) is 8.01. The van der Waals surface area contributed by atoms with Gasteiger partial charge in [0.25, 0.3) is 0 Å². The molecule has 1 amide bonds. The Kier molecular flexibility index (Phi) is 6.26. The summed E-state index contributed by atoms with van der Waals surface area (Å²) in [6.45, 7) is 7.23. The Balaban J connectivity index is 1.77. The standard InChI is InChI=1S/C17H26BNO5/c1-17(2,3)24-16(20)19-9-7-15(8-10-19)23-12-13-5-4-6-14(11-13)18(21)22/h4-6,11,15,21-22H,7-10,12H2,1-3H3. The van der Waals surface area contributed by atoms with E-state index in [1.807, 2.05) is 26.8 Å².